The van der Waals surface area contributed by atoms with E-state index in [1.165, 1.54) is 6.07 Å². The van der Waals surface area contributed by atoms with Crippen LogP contribution in [0.2, 0.25) is 0 Å². The van der Waals surface area contributed by atoms with E-state index in [4.69, 9.17) is 5.73 Å². The first-order valence-corrected chi connectivity index (χ1v) is 8.57. The molecule has 0 saturated heterocycles. The molecule has 0 bridgehead atoms. The van der Waals surface area contributed by atoms with Gasteiger partial charge in [0.05, 0.1) is 10.4 Å². The molecule has 3 rings (SSSR count). The third-order valence-corrected chi connectivity index (χ3v) is 5.83. The number of nitrogens with zero attached hydrogens (tertiary/aromatic N) is 1. The number of alkyl halides is 3. The highest BCUT2D eigenvalue weighted by Gasteiger charge is 2.36. The Morgan fingerprint density at radius 3 is 2.62 bits per heavy atom. The van der Waals surface area contributed by atoms with Crippen LogP contribution < -0.4 is 11.1 Å². The Kier molecular flexibility index (Phi) is 4.29. The minimum atomic E-state index is -4.50. The molecule has 1 fully saturated rings. The summed E-state index contributed by atoms with van der Waals surface area (Å²) in [6.45, 7) is 2.09. The van der Waals surface area contributed by atoms with Crippen molar-refractivity contribution in [1.29, 1.82) is 0 Å². The first kappa shape index (κ1) is 17.2. The molecule has 130 valence electrons. The fraction of sp³-hybridized carbons (Fsp3) is 0.500. The summed E-state index contributed by atoms with van der Waals surface area (Å²) in [5, 5.41) is 3.58. The van der Waals surface area contributed by atoms with Crippen molar-refractivity contribution in [1.82, 2.24) is 10.3 Å². The fourth-order valence-electron chi connectivity index (χ4n) is 3.20. The zero-order valence-corrected chi connectivity index (χ0v) is 14.0. The van der Waals surface area contributed by atoms with Crippen LogP contribution in [-0.4, -0.2) is 23.0 Å². The van der Waals surface area contributed by atoms with E-state index in [0.29, 0.717) is 22.4 Å². The van der Waals surface area contributed by atoms with Crippen LogP contribution in [0.3, 0.4) is 0 Å². The van der Waals surface area contributed by atoms with Gasteiger partial charge >= 0.3 is 6.18 Å². The highest BCUT2D eigenvalue weighted by atomic mass is 32.1. The van der Waals surface area contributed by atoms with Gasteiger partial charge in [0, 0.05) is 11.9 Å². The number of fused-ring (bicyclic) bond motifs is 1. The van der Waals surface area contributed by atoms with Crippen molar-refractivity contribution in [2.75, 3.05) is 6.54 Å². The zero-order chi connectivity index (χ0) is 17.5. The Balaban J connectivity index is 1.94. The van der Waals surface area contributed by atoms with Crippen LogP contribution in [0.1, 0.15) is 46.6 Å². The average Bonchev–Trinajstić information content (AvgIpc) is 3.12. The number of hydrogen-bond acceptors (Lipinski definition) is 4. The van der Waals surface area contributed by atoms with Gasteiger partial charge in [-0.25, -0.2) is 4.98 Å². The highest BCUT2D eigenvalue weighted by Crippen LogP contribution is 2.35. The number of aromatic nitrogens is 1. The van der Waals surface area contributed by atoms with Crippen LogP contribution in [0.25, 0.3) is 10.2 Å². The molecule has 2 aromatic rings. The van der Waals surface area contributed by atoms with E-state index < -0.39 is 17.4 Å². The smallest absolute Gasteiger partial charge is 0.345 e. The number of amides is 1. The Hall–Kier alpha value is -1.67. The molecule has 1 amide bonds. The second kappa shape index (κ2) is 6.00. The van der Waals surface area contributed by atoms with E-state index >= 15 is 0 Å². The van der Waals surface area contributed by atoms with Gasteiger partial charge in [-0.3, -0.25) is 4.79 Å². The van der Waals surface area contributed by atoms with Crippen LogP contribution in [0, 0.1) is 6.92 Å². The lowest BCUT2D eigenvalue weighted by atomic mass is 9.97. The summed E-state index contributed by atoms with van der Waals surface area (Å²) < 4.78 is 38.4. The maximum absolute atomic E-state index is 12.8. The molecule has 0 aliphatic heterocycles. The Labute approximate surface area is 141 Å². The number of hydrogen-bond donors (Lipinski definition) is 2. The number of pyridine rings is 1. The maximum atomic E-state index is 12.8. The van der Waals surface area contributed by atoms with Crippen LogP contribution in [0.5, 0.6) is 0 Å². The van der Waals surface area contributed by atoms with Gasteiger partial charge in [-0.05, 0) is 37.5 Å². The molecule has 0 atom stereocenters. The fourth-order valence-corrected chi connectivity index (χ4v) is 4.28. The maximum Gasteiger partial charge on any atom is 0.433 e. The van der Waals surface area contributed by atoms with Crippen molar-refractivity contribution < 1.29 is 18.0 Å². The molecule has 24 heavy (non-hydrogen) atoms. The molecule has 8 heteroatoms. The van der Waals surface area contributed by atoms with Crippen LogP contribution in [0.15, 0.2) is 12.1 Å². The first-order chi connectivity index (χ1) is 11.3. The second-order valence-electron chi connectivity index (χ2n) is 6.25. The topological polar surface area (TPSA) is 68.0 Å². The third-order valence-electron chi connectivity index (χ3n) is 4.63. The SMILES string of the molecule is Cc1c(C(=O)NC2(CN)CCCC2)sc2nc(C(F)(F)F)ccc12. The standard InChI is InChI=1S/C16H18F3N3OS/c1-9-10-4-5-11(16(17,18)19)21-14(10)24-12(9)13(23)22-15(8-20)6-2-3-7-15/h4-5H,2-3,6-8,20H2,1H3,(H,22,23). The lowest BCUT2D eigenvalue weighted by Gasteiger charge is -2.28. The molecule has 3 N–H and O–H groups in total. The van der Waals surface area contributed by atoms with E-state index in [1.54, 1.807) is 6.92 Å². The van der Waals surface area contributed by atoms with Crippen molar-refractivity contribution in [2.45, 2.75) is 44.3 Å². The molecule has 0 spiro atoms. The molecule has 1 aliphatic carbocycles. The quantitative estimate of drug-likeness (QED) is 0.881. The number of nitrogens with two attached hydrogens (primary N) is 1. The van der Waals surface area contributed by atoms with Crippen LogP contribution in [-0.2, 0) is 6.18 Å². The van der Waals surface area contributed by atoms with Crippen molar-refractivity contribution in [3.05, 3.63) is 28.3 Å². The van der Waals surface area contributed by atoms with Gasteiger partial charge in [-0.1, -0.05) is 12.8 Å². The summed E-state index contributed by atoms with van der Waals surface area (Å²) in [6, 6.07) is 2.32. The molecule has 4 nitrogen and oxygen atoms in total. The average molecular weight is 357 g/mol. The molecule has 1 aliphatic rings. The molecular weight excluding hydrogens is 339 g/mol. The van der Waals surface area contributed by atoms with Crippen LogP contribution in [0.4, 0.5) is 13.2 Å². The predicted molar refractivity (Wildman–Crippen MR) is 87.1 cm³/mol. The summed E-state index contributed by atoms with van der Waals surface area (Å²) in [6.07, 6.45) is -0.813. The van der Waals surface area contributed by atoms with Gasteiger partial charge in [0.1, 0.15) is 10.5 Å². The molecule has 0 aromatic carbocycles. The van der Waals surface area contributed by atoms with Crippen molar-refractivity contribution in [3.8, 4) is 0 Å². The van der Waals surface area contributed by atoms with E-state index in [-0.39, 0.29) is 10.7 Å². The van der Waals surface area contributed by atoms with Gasteiger partial charge in [0.25, 0.3) is 5.91 Å². The lowest BCUT2D eigenvalue weighted by molar-refractivity contribution is -0.140. The number of carbonyl (C=O) groups is 1. The van der Waals surface area contributed by atoms with Gasteiger partial charge in [-0.2, -0.15) is 13.2 Å². The summed E-state index contributed by atoms with van der Waals surface area (Å²) >= 11 is 0.991. The third kappa shape index (κ3) is 3.00. The van der Waals surface area contributed by atoms with Gasteiger partial charge in [-0.15, -0.1) is 11.3 Å². The molecule has 1 saturated carbocycles. The Morgan fingerprint density at radius 1 is 1.38 bits per heavy atom. The van der Waals surface area contributed by atoms with Gasteiger partial charge < -0.3 is 11.1 Å². The summed E-state index contributed by atoms with van der Waals surface area (Å²) in [5.41, 5.74) is 5.13. The van der Waals surface area contributed by atoms with Gasteiger partial charge in [0.15, 0.2) is 0 Å². The Bertz CT molecular complexity index is 779. The second-order valence-corrected chi connectivity index (χ2v) is 7.25. The van der Waals surface area contributed by atoms with Crippen molar-refractivity contribution in [2.24, 2.45) is 5.73 Å². The monoisotopic (exact) mass is 357 g/mol. The number of thiophene rings is 1. The van der Waals surface area contributed by atoms with Crippen LogP contribution >= 0.6 is 11.3 Å². The summed E-state index contributed by atoms with van der Waals surface area (Å²) in [7, 11) is 0. The molecule has 0 unspecified atom stereocenters. The number of rotatable bonds is 3. The highest BCUT2D eigenvalue weighted by molar-refractivity contribution is 7.20. The lowest BCUT2D eigenvalue weighted by Crippen LogP contribution is -2.51. The predicted octanol–water partition coefficient (Wildman–Crippen LogP) is 3.62. The van der Waals surface area contributed by atoms with E-state index in [9.17, 15) is 18.0 Å². The Morgan fingerprint density at radius 2 is 2.04 bits per heavy atom. The van der Waals surface area contributed by atoms with E-state index in [2.05, 4.69) is 10.3 Å². The molecular formula is C16H18F3N3OS. The summed E-state index contributed by atoms with van der Waals surface area (Å²) in [4.78, 5) is 16.9. The summed E-state index contributed by atoms with van der Waals surface area (Å²) in [5.74, 6) is -0.281. The normalized spacial score (nSPS) is 17.4. The zero-order valence-electron chi connectivity index (χ0n) is 13.2. The first-order valence-electron chi connectivity index (χ1n) is 7.76. The van der Waals surface area contributed by atoms with Gasteiger partial charge in [0.2, 0.25) is 0 Å². The number of halogens is 3. The van der Waals surface area contributed by atoms with Crippen molar-refractivity contribution >= 4 is 27.5 Å². The molecule has 2 aromatic heterocycles. The minimum Gasteiger partial charge on any atom is -0.345 e. The molecule has 2 heterocycles. The van der Waals surface area contributed by atoms with E-state index in [1.807, 2.05) is 0 Å². The minimum absolute atomic E-state index is 0.223. The largest absolute Gasteiger partial charge is 0.433 e. The van der Waals surface area contributed by atoms with E-state index in [0.717, 1.165) is 43.1 Å². The van der Waals surface area contributed by atoms with Crippen molar-refractivity contribution in [3.63, 3.8) is 0 Å². The number of nitrogens with one attached hydrogen (secondary N) is 1. The number of aryl methyl sites for hydroxylation is 1. The number of carbonyl (C=O) groups excluding carboxylic acids is 1. The molecule has 0 radical (unpaired) electrons.